The molecule has 5 heteroatoms. The van der Waals surface area contributed by atoms with Crippen molar-refractivity contribution >= 4 is 24.0 Å². The van der Waals surface area contributed by atoms with Crippen LogP contribution in [0.2, 0.25) is 0 Å². The number of amides is 1. The van der Waals surface area contributed by atoms with E-state index in [4.69, 9.17) is 5.73 Å². The van der Waals surface area contributed by atoms with Crippen LogP contribution in [0.5, 0.6) is 0 Å². The van der Waals surface area contributed by atoms with Crippen molar-refractivity contribution in [3.63, 3.8) is 0 Å². The number of halogens is 2. The summed E-state index contributed by atoms with van der Waals surface area (Å²) in [5, 5.41) is 2.48. The van der Waals surface area contributed by atoms with Gasteiger partial charge in [0.05, 0.1) is 11.7 Å². The van der Waals surface area contributed by atoms with Gasteiger partial charge >= 0.3 is 0 Å². The van der Waals surface area contributed by atoms with Gasteiger partial charge in [0.15, 0.2) is 0 Å². The molecule has 0 heterocycles. The highest BCUT2D eigenvalue weighted by molar-refractivity contribution is 5.94. The summed E-state index contributed by atoms with van der Waals surface area (Å²) in [5.74, 6) is -0.782. The van der Waals surface area contributed by atoms with Gasteiger partial charge in [0.1, 0.15) is 5.82 Å². The van der Waals surface area contributed by atoms with Gasteiger partial charge in [-0.3, -0.25) is 4.79 Å². The fraction of sp³-hybridized carbons (Fsp3) is 0.417. The van der Waals surface area contributed by atoms with Crippen molar-refractivity contribution in [1.82, 2.24) is 0 Å². The average molecular weight is 261 g/mol. The number of anilines is 1. The van der Waals surface area contributed by atoms with E-state index in [9.17, 15) is 9.18 Å². The van der Waals surface area contributed by atoms with E-state index in [1.165, 1.54) is 12.1 Å². The molecule has 0 radical (unpaired) electrons. The predicted molar refractivity (Wildman–Crippen MR) is 69.8 cm³/mol. The van der Waals surface area contributed by atoms with Crippen molar-refractivity contribution in [2.75, 3.05) is 5.32 Å². The molecule has 3 nitrogen and oxygen atoms in total. The molecule has 0 bridgehead atoms. The maximum atomic E-state index is 13.4. The van der Waals surface area contributed by atoms with Gasteiger partial charge in [0.25, 0.3) is 0 Å². The lowest BCUT2D eigenvalue weighted by Crippen LogP contribution is -2.39. The molecule has 96 valence electrons. The van der Waals surface area contributed by atoms with Crippen LogP contribution in [0.4, 0.5) is 10.1 Å². The van der Waals surface area contributed by atoms with Crippen molar-refractivity contribution in [2.24, 2.45) is 11.7 Å². The highest BCUT2D eigenvalue weighted by Crippen LogP contribution is 2.15. The number of aryl methyl sites for hydroxylation is 1. The van der Waals surface area contributed by atoms with Gasteiger partial charge in [0.2, 0.25) is 5.91 Å². The summed E-state index contributed by atoms with van der Waals surface area (Å²) < 4.78 is 13.4. The Morgan fingerprint density at radius 2 is 2.00 bits per heavy atom. The number of carbonyl (C=O) groups is 1. The molecule has 0 aliphatic carbocycles. The van der Waals surface area contributed by atoms with E-state index in [0.29, 0.717) is 0 Å². The first-order valence-corrected chi connectivity index (χ1v) is 5.24. The third kappa shape index (κ3) is 4.32. The van der Waals surface area contributed by atoms with Crippen molar-refractivity contribution in [1.29, 1.82) is 0 Å². The summed E-state index contributed by atoms with van der Waals surface area (Å²) in [6.45, 7) is 5.47. The van der Waals surface area contributed by atoms with Crippen molar-refractivity contribution < 1.29 is 9.18 Å². The second-order valence-electron chi connectivity index (χ2n) is 4.24. The van der Waals surface area contributed by atoms with E-state index in [1.807, 2.05) is 13.8 Å². The lowest BCUT2D eigenvalue weighted by Gasteiger charge is -2.15. The first-order valence-electron chi connectivity index (χ1n) is 5.24. The Kier molecular flexibility index (Phi) is 6.13. The lowest BCUT2D eigenvalue weighted by molar-refractivity contribution is -0.118. The number of nitrogens with one attached hydrogen (secondary N) is 1. The van der Waals surface area contributed by atoms with E-state index >= 15 is 0 Å². The Labute approximate surface area is 107 Å². The molecular weight excluding hydrogens is 243 g/mol. The molecule has 1 amide bonds. The van der Waals surface area contributed by atoms with Gasteiger partial charge < -0.3 is 11.1 Å². The zero-order chi connectivity index (χ0) is 12.3. The molecule has 0 aromatic heterocycles. The third-order valence-electron chi connectivity index (χ3n) is 2.40. The van der Waals surface area contributed by atoms with Gasteiger partial charge in [-0.05, 0) is 30.5 Å². The summed E-state index contributed by atoms with van der Waals surface area (Å²) in [6.07, 6.45) is 0. The maximum Gasteiger partial charge on any atom is 0.241 e. The summed E-state index contributed by atoms with van der Waals surface area (Å²) in [7, 11) is 0. The summed E-state index contributed by atoms with van der Waals surface area (Å²) in [5.41, 5.74) is 6.64. The summed E-state index contributed by atoms with van der Waals surface area (Å²) in [4.78, 5) is 11.6. The number of benzene rings is 1. The normalized spacial score (nSPS) is 11.9. The Balaban J connectivity index is 0.00000256. The lowest BCUT2D eigenvalue weighted by atomic mass is 10.0. The van der Waals surface area contributed by atoms with Crippen molar-refractivity contribution in [3.05, 3.63) is 29.6 Å². The van der Waals surface area contributed by atoms with Crippen LogP contribution >= 0.6 is 12.4 Å². The molecule has 0 saturated carbocycles. The van der Waals surface area contributed by atoms with E-state index in [1.54, 1.807) is 13.0 Å². The van der Waals surface area contributed by atoms with Crippen LogP contribution in [0.1, 0.15) is 19.4 Å². The van der Waals surface area contributed by atoms with Crippen LogP contribution in [0.15, 0.2) is 18.2 Å². The Bertz CT molecular complexity index is 396. The van der Waals surface area contributed by atoms with E-state index < -0.39 is 11.9 Å². The first kappa shape index (κ1) is 15.9. The molecule has 17 heavy (non-hydrogen) atoms. The van der Waals surface area contributed by atoms with Gasteiger partial charge in [-0.25, -0.2) is 4.39 Å². The third-order valence-corrected chi connectivity index (χ3v) is 2.40. The molecule has 0 saturated heterocycles. The minimum Gasteiger partial charge on any atom is -0.322 e. The van der Waals surface area contributed by atoms with E-state index in [2.05, 4.69) is 5.32 Å². The molecule has 1 rings (SSSR count). The Hall–Kier alpha value is -1.13. The number of hydrogen-bond acceptors (Lipinski definition) is 2. The molecule has 0 aliphatic rings. The van der Waals surface area contributed by atoms with Crippen LogP contribution in [0.3, 0.4) is 0 Å². The molecule has 1 atom stereocenters. The minimum atomic E-state index is -0.624. The van der Waals surface area contributed by atoms with Gasteiger partial charge in [-0.2, -0.15) is 0 Å². The zero-order valence-electron chi connectivity index (χ0n) is 10.2. The Morgan fingerprint density at radius 1 is 1.41 bits per heavy atom. The van der Waals surface area contributed by atoms with Crippen LogP contribution in [0, 0.1) is 18.7 Å². The molecule has 0 aliphatic heterocycles. The Morgan fingerprint density at radius 3 is 2.47 bits per heavy atom. The largest absolute Gasteiger partial charge is 0.322 e. The fourth-order valence-corrected chi connectivity index (χ4v) is 1.24. The van der Waals surface area contributed by atoms with Crippen molar-refractivity contribution in [2.45, 2.75) is 26.8 Å². The summed E-state index contributed by atoms with van der Waals surface area (Å²) >= 11 is 0. The highest BCUT2D eigenvalue weighted by Gasteiger charge is 2.18. The molecule has 0 fully saturated rings. The first-order chi connectivity index (χ1) is 7.41. The zero-order valence-corrected chi connectivity index (χ0v) is 11.0. The quantitative estimate of drug-likeness (QED) is 0.877. The second kappa shape index (κ2) is 6.57. The maximum absolute atomic E-state index is 13.4. The predicted octanol–water partition coefficient (Wildman–Crippen LogP) is 2.48. The highest BCUT2D eigenvalue weighted by atomic mass is 35.5. The number of nitrogens with two attached hydrogens (primary N) is 1. The summed E-state index contributed by atoms with van der Waals surface area (Å²) in [6, 6.07) is 4.02. The van der Waals surface area contributed by atoms with Crippen LogP contribution in [-0.4, -0.2) is 11.9 Å². The number of carbonyl (C=O) groups excluding carboxylic acids is 1. The fourth-order valence-electron chi connectivity index (χ4n) is 1.24. The van der Waals surface area contributed by atoms with Crippen LogP contribution < -0.4 is 11.1 Å². The second-order valence-corrected chi connectivity index (χ2v) is 4.24. The molecule has 1 aromatic rings. The smallest absolute Gasteiger partial charge is 0.241 e. The average Bonchev–Trinajstić information content (AvgIpc) is 2.20. The van der Waals surface area contributed by atoms with Gasteiger partial charge in [0, 0.05) is 0 Å². The SMILES string of the molecule is Cc1ccc(NC(=O)[C@H](N)C(C)C)c(F)c1.Cl. The van der Waals surface area contributed by atoms with Crippen LogP contribution in [0.25, 0.3) is 0 Å². The number of hydrogen-bond donors (Lipinski definition) is 2. The van der Waals surface area contributed by atoms with Crippen molar-refractivity contribution in [3.8, 4) is 0 Å². The monoisotopic (exact) mass is 260 g/mol. The minimum absolute atomic E-state index is 0. The molecule has 0 spiro atoms. The molecular formula is C12H18ClFN2O. The molecule has 1 aromatic carbocycles. The van der Waals surface area contributed by atoms with E-state index in [0.717, 1.165) is 5.56 Å². The van der Waals surface area contributed by atoms with Crippen LogP contribution in [-0.2, 0) is 4.79 Å². The van der Waals surface area contributed by atoms with Gasteiger partial charge in [-0.1, -0.05) is 19.9 Å². The van der Waals surface area contributed by atoms with Gasteiger partial charge in [-0.15, -0.1) is 12.4 Å². The molecule has 3 N–H and O–H groups in total. The topological polar surface area (TPSA) is 55.1 Å². The standard InChI is InChI=1S/C12H17FN2O.ClH/c1-7(2)11(14)12(16)15-10-5-4-8(3)6-9(10)13;/h4-7,11H,14H2,1-3H3,(H,15,16);1H/t11-;/m1./s1. The molecule has 0 unspecified atom stereocenters. The number of rotatable bonds is 3. The van der Waals surface area contributed by atoms with E-state index in [-0.39, 0.29) is 29.9 Å².